The van der Waals surface area contributed by atoms with Crippen molar-refractivity contribution >= 4 is 34.8 Å². The van der Waals surface area contributed by atoms with Crippen molar-refractivity contribution in [1.82, 2.24) is 0 Å². The lowest BCUT2D eigenvalue weighted by Crippen LogP contribution is -2.24. The van der Waals surface area contributed by atoms with Gasteiger partial charge in [0.2, 0.25) is 5.91 Å². The number of hydrogen-bond acceptors (Lipinski definition) is 2. The van der Waals surface area contributed by atoms with E-state index in [1.807, 2.05) is 6.92 Å². The van der Waals surface area contributed by atoms with Gasteiger partial charge in [0.15, 0.2) is 0 Å². The smallest absolute Gasteiger partial charge is 0.227 e. The normalized spacial score (nSPS) is 20.1. The minimum Gasteiger partial charge on any atom is -0.396 e. The van der Waals surface area contributed by atoms with Gasteiger partial charge in [0.05, 0.1) is 0 Å². The molecule has 1 heterocycles. The van der Waals surface area contributed by atoms with Crippen molar-refractivity contribution in [1.29, 1.82) is 0 Å². The lowest BCUT2D eigenvalue weighted by molar-refractivity contribution is -0.117. The van der Waals surface area contributed by atoms with Gasteiger partial charge in [0.1, 0.15) is 0 Å². The van der Waals surface area contributed by atoms with E-state index in [1.165, 1.54) is 0 Å². The summed E-state index contributed by atoms with van der Waals surface area (Å²) in [6.45, 7) is 2.37. The molecule has 0 bridgehead atoms. The molecule has 1 fully saturated rings. The van der Waals surface area contributed by atoms with Gasteiger partial charge in [-0.1, -0.05) is 23.2 Å². The maximum Gasteiger partial charge on any atom is 0.227 e. The summed E-state index contributed by atoms with van der Waals surface area (Å²) in [4.78, 5) is 13.4. The first-order chi connectivity index (χ1) is 8.02. The second-order valence-corrected chi connectivity index (χ2v) is 5.11. The third-order valence-corrected chi connectivity index (χ3v) is 3.83. The minimum atomic E-state index is 0.0000337. The maximum absolute atomic E-state index is 11.8. The van der Waals surface area contributed by atoms with Gasteiger partial charge in [-0.3, -0.25) is 4.79 Å². The highest BCUT2D eigenvalue weighted by Crippen LogP contribution is 2.33. The number of hydrogen-bond donors (Lipinski definition) is 1. The summed E-state index contributed by atoms with van der Waals surface area (Å²) >= 11 is 12.1. The standard InChI is InChI=1S/C12H13Cl2NO2/c1-7-10(13)3-9(4-11(7)14)15-5-8(6-16)2-12(15)17/h3-4,8,16H,2,5-6H2,1H3. The van der Waals surface area contributed by atoms with Crippen LogP contribution in [0.2, 0.25) is 10.0 Å². The van der Waals surface area contributed by atoms with Crippen molar-refractivity contribution < 1.29 is 9.90 Å². The van der Waals surface area contributed by atoms with E-state index in [2.05, 4.69) is 0 Å². The molecule has 1 N–H and O–H groups in total. The van der Waals surface area contributed by atoms with Gasteiger partial charge in [0, 0.05) is 41.2 Å². The fraction of sp³-hybridized carbons (Fsp3) is 0.417. The first kappa shape index (κ1) is 12.7. The number of rotatable bonds is 2. The number of aliphatic hydroxyl groups is 1. The Morgan fingerprint density at radius 3 is 2.47 bits per heavy atom. The van der Waals surface area contributed by atoms with Crippen molar-refractivity contribution in [2.24, 2.45) is 5.92 Å². The van der Waals surface area contributed by atoms with E-state index in [0.29, 0.717) is 28.7 Å². The van der Waals surface area contributed by atoms with Crippen LogP contribution < -0.4 is 4.90 Å². The topological polar surface area (TPSA) is 40.5 Å². The summed E-state index contributed by atoms with van der Waals surface area (Å²) in [5.74, 6) is 0.00129. The van der Waals surface area contributed by atoms with Crippen molar-refractivity contribution in [2.75, 3.05) is 18.1 Å². The molecule has 1 aromatic carbocycles. The van der Waals surface area contributed by atoms with Gasteiger partial charge < -0.3 is 10.0 Å². The van der Waals surface area contributed by atoms with Gasteiger partial charge in [-0.05, 0) is 24.6 Å². The zero-order valence-corrected chi connectivity index (χ0v) is 10.9. The van der Waals surface area contributed by atoms with E-state index in [0.717, 1.165) is 5.56 Å². The molecule has 1 aromatic rings. The zero-order chi connectivity index (χ0) is 12.6. The largest absolute Gasteiger partial charge is 0.396 e. The first-order valence-corrected chi connectivity index (χ1v) is 6.15. The summed E-state index contributed by atoms with van der Waals surface area (Å²) in [5, 5.41) is 10.2. The van der Waals surface area contributed by atoms with Crippen molar-refractivity contribution in [3.8, 4) is 0 Å². The van der Waals surface area contributed by atoms with Crippen LogP contribution in [0.4, 0.5) is 5.69 Å². The van der Waals surface area contributed by atoms with Crippen LogP contribution in [0.15, 0.2) is 12.1 Å². The van der Waals surface area contributed by atoms with Crippen LogP contribution in [-0.2, 0) is 4.79 Å². The average Bonchev–Trinajstić information content (AvgIpc) is 2.67. The molecule has 0 saturated carbocycles. The first-order valence-electron chi connectivity index (χ1n) is 5.39. The van der Waals surface area contributed by atoms with E-state index >= 15 is 0 Å². The Morgan fingerprint density at radius 1 is 1.41 bits per heavy atom. The summed E-state index contributed by atoms with van der Waals surface area (Å²) in [7, 11) is 0. The molecule has 17 heavy (non-hydrogen) atoms. The molecule has 1 amide bonds. The van der Waals surface area contributed by atoms with Crippen molar-refractivity contribution in [3.63, 3.8) is 0 Å². The lowest BCUT2D eigenvalue weighted by atomic mass is 10.1. The van der Waals surface area contributed by atoms with Gasteiger partial charge in [-0.2, -0.15) is 0 Å². The average molecular weight is 274 g/mol. The monoisotopic (exact) mass is 273 g/mol. The predicted octanol–water partition coefficient (Wildman–Crippen LogP) is 2.65. The molecule has 0 aromatic heterocycles. The Hall–Kier alpha value is -0.770. The Labute approximate surface area is 110 Å². The van der Waals surface area contributed by atoms with Gasteiger partial charge in [-0.15, -0.1) is 0 Å². The molecule has 92 valence electrons. The molecular weight excluding hydrogens is 261 g/mol. The van der Waals surface area contributed by atoms with Crippen LogP contribution in [0.25, 0.3) is 0 Å². The SMILES string of the molecule is Cc1c(Cl)cc(N2CC(CO)CC2=O)cc1Cl. The van der Waals surface area contributed by atoms with E-state index in [1.54, 1.807) is 17.0 Å². The van der Waals surface area contributed by atoms with E-state index in [-0.39, 0.29) is 18.4 Å². The summed E-state index contributed by atoms with van der Waals surface area (Å²) in [5.41, 5.74) is 1.51. The second kappa shape index (κ2) is 4.84. The highest BCUT2D eigenvalue weighted by molar-refractivity contribution is 6.36. The van der Waals surface area contributed by atoms with Gasteiger partial charge >= 0.3 is 0 Å². The van der Waals surface area contributed by atoms with Crippen molar-refractivity contribution in [3.05, 3.63) is 27.7 Å². The number of benzene rings is 1. The van der Waals surface area contributed by atoms with Gasteiger partial charge in [-0.25, -0.2) is 0 Å². The molecule has 1 atom stereocenters. The second-order valence-electron chi connectivity index (χ2n) is 4.29. The van der Waals surface area contributed by atoms with Crippen LogP contribution in [0, 0.1) is 12.8 Å². The molecule has 1 aliphatic rings. The number of carbonyl (C=O) groups is 1. The van der Waals surface area contributed by atoms with E-state index < -0.39 is 0 Å². The molecule has 2 rings (SSSR count). The van der Waals surface area contributed by atoms with E-state index in [9.17, 15) is 4.79 Å². The van der Waals surface area contributed by atoms with Gasteiger partial charge in [0.25, 0.3) is 0 Å². The van der Waals surface area contributed by atoms with Crippen LogP contribution >= 0.6 is 23.2 Å². The minimum absolute atomic E-state index is 0.0000337. The molecule has 5 heteroatoms. The lowest BCUT2D eigenvalue weighted by Gasteiger charge is -2.18. The molecule has 0 spiro atoms. The summed E-state index contributed by atoms with van der Waals surface area (Å²) in [6.07, 6.45) is 0.375. The molecule has 3 nitrogen and oxygen atoms in total. The Kier molecular flexibility index (Phi) is 3.61. The highest BCUT2D eigenvalue weighted by Gasteiger charge is 2.30. The summed E-state index contributed by atoms with van der Waals surface area (Å²) < 4.78 is 0. The Bertz CT molecular complexity index is 439. The Balaban J connectivity index is 2.32. The van der Waals surface area contributed by atoms with Crippen LogP contribution in [0.5, 0.6) is 0 Å². The molecule has 0 aliphatic carbocycles. The number of carbonyl (C=O) groups excluding carboxylic acids is 1. The molecule has 1 saturated heterocycles. The van der Waals surface area contributed by atoms with Crippen LogP contribution in [0.1, 0.15) is 12.0 Å². The van der Waals surface area contributed by atoms with Crippen LogP contribution in [-0.4, -0.2) is 24.2 Å². The number of amides is 1. The third-order valence-electron chi connectivity index (χ3n) is 3.04. The number of halogens is 2. The Morgan fingerprint density at radius 2 is 2.00 bits per heavy atom. The highest BCUT2D eigenvalue weighted by atomic mass is 35.5. The van der Waals surface area contributed by atoms with Crippen LogP contribution in [0.3, 0.4) is 0 Å². The zero-order valence-electron chi connectivity index (χ0n) is 9.41. The fourth-order valence-corrected chi connectivity index (χ4v) is 2.42. The fourth-order valence-electron chi connectivity index (χ4n) is 1.94. The van der Waals surface area contributed by atoms with E-state index in [4.69, 9.17) is 28.3 Å². The van der Waals surface area contributed by atoms with Crippen molar-refractivity contribution in [2.45, 2.75) is 13.3 Å². The molecular formula is C12H13Cl2NO2. The quantitative estimate of drug-likeness (QED) is 0.900. The third kappa shape index (κ3) is 2.41. The molecule has 1 unspecified atom stereocenters. The number of anilines is 1. The number of nitrogens with zero attached hydrogens (tertiary/aromatic N) is 1. The maximum atomic E-state index is 11.8. The summed E-state index contributed by atoms with van der Waals surface area (Å²) in [6, 6.07) is 3.47. The molecule has 0 radical (unpaired) electrons. The molecule has 1 aliphatic heterocycles. The predicted molar refractivity (Wildman–Crippen MR) is 68.7 cm³/mol. The number of aliphatic hydroxyl groups excluding tert-OH is 1.